The Labute approximate surface area is 158 Å². The highest BCUT2D eigenvalue weighted by Crippen LogP contribution is 2.21. The first-order chi connectivity index (χ1) is 11.6. The number of likely N-dealkylation sites (tertiary alicyclic amines) is 1. The molecule has 2 atom stereocenters. The van der Waals surface area contributed by atoms with E-state index in [2.05, 4.69) is 47.6 Å². The van der Waals surface area contributed by atoms with E-state index in [1.165, 1.54) is 36.1 Å². The number of rotatable bonds is 5. The smallest absolute Gasteiger partial charge is 0.237 e. The Bertz CT molecular complexity index is 572. The summed E-state index contributed by atoms with van der Waals surface area (Å²) in [5, 5.41) is 6.45. The molecule has 4 nitrogen and oxygen atoms in total. The molecule has 2 unspecified atom stereocenters. The second-order valence-corrected chi connectivity index (χ2v) is 7.50. The SMILES string of the molecule is Cc1cccc(CN2CCCC(CNC(=O)C3CCCN3)C2)c1C.Cl. The number of aryl methyl sites for hydroxylation is 1. The zero-order valence-corrected chi connectivity index (χ0v) is 16.3. The molecule has 2 saturated heterocycles. The van der Waals surface area contributed by atoms with E-state index in [1.807, 2.05) is 0 Å². The number of halogens is 1. The Morgan fingerprint density at radius 2 is 2.12 bits per heavy atom. The average molecular weight is 366 g/mol. The van der Waals surface area contributed by atoms with Crippen LogP contribution in [0.5, 0.6) is 0 Å². The molecular formula is C20H32ClN3O. The Kier molecular flexibility index (Phi) is 7.73. The van der Waals surface area contributed by atoms with Crippen molar-refractivity contribution in [2.75, 3.05) is 26.2 Å². The van der Waals surface area contributed by atoms with Gasteiger partial charge in [0.25, 0.3) is 0 Å². The first kappa shape index (κ1) is 20.2. The van der Waals surface area contributed by atoms with Gasteiger partial charge in [0.15, 0.2) is 0 Å². The second-order valence-electron chi connectivity index (χ2n) is 7.50. The number of nitrogens with one attached hydrogen (secondary N) is 2. The third-order valence-electron chi connectivity index (χ3n) is 5.66. The summed E-state index contributed by atoms with van der Waals surface area (Å²) in [5.74, 6) is 0.772. The van der Waals surface area contributed by atoms with Crippen molar-refractivity contribution < 1.29 is 4.79 Å². The van der Waals surface area contributed by atoms with E-state index in [4.69, 9.17) is 0 Å². The van der Waals surface area contributed by atoms with Crippen LogP contribution in [0.3, 0.4) is 0 Å². The van der Waals surface area contributed by atoms with Gasteiger partial charge in [-0.1, -0.05) is 18.2 Å². The molecule has 1 aromatic carbocycles. The summed E-state index contributed by atoms with van der Waals surface area (Å²) in [7, 11) is 0. The summed E-state index contributed by atoms with van der Waals surface area (Å²) in [4.78, 5) is 14.7. The maximum Gasteiger partial charge on any atom is 0.237 e. The molecule has 0 saturated carbocycles. The van der Waals surface area contributed by atoms with E-state index in [0.717, 1.165) is 39.0 Å². The predicted molar refractivity (Wildman–Crippen MR) is 105 cm³/mol. The largest absolute Gasteiger partial charge is 0.354 e. The first-order valence-electron chi connectivity index (χ1n) is 9.42. The van der Waals surface area contributed by atoms with Gasteiger partial charge in [-0.3, -0.25) is 9.69 Å². The van der Waals surface area contributed by atoms with Crippen LogP contribution in [0.1, 0.15) is 42.4 Å². The fourth-order valence-corrected chi connectivity index (χ4v) is 3.96. The number of benzene rings is 1. The van der Waals surface area contributed by atoms with Gasteiger partial charge in [0, 0.05) is 19.6 Å². The van der Waals surface area contributed by atoms with Crippen LogP contribution in [0.15, 0.2) is 18.2 Å². The van der Waals surface area contributed by atoms with Crippen molar-refractivity contribution in [1.29, 1.82) is 0 Å². The molecule has 1 aromatic rings. The van der Waals surface area contributed by atoms with E-state index < -0.39 is 0 Å². The molecule has 0 aromatic heterocycles. The van der Waals surface area contributed by atoms with Crippen molar-refractivity contribution in [3.8, 4) is 0 Å². The van der Waals surface area contributed by atoms with Gasteiger partial charge >= 0.3 is 0 Å². The lowest BCUT2D eigenvalue weighted by atomic mass is 9.96. The van der Waals surface area contributed by atoms with Crippen molar-refractivity contribution >= 4 is 18.3 Å². The highest BCUT2D eigenvalue weighted by Gasteiger charge is 2.24. The van der Waals surface area contributed by atoms with Crippen LogP contribution in [-0.4, -0.2) is 43.0 Å². The zero-order chi connectivity index (χ0) is 16.9. The normalized spacial score (nSPS) is 23.9. The minimum atomic E-state index is 0. The molecule has 140 valence electrons. The van der Waals surface area contributed by atoms with Crippen LogP contribution in [-0.2, 0) is 11.3 Å². The lowest BCUT2D eigenvalue weighted by Gasteiger charge is -2.33. The van der Waals surface area contributed by atoms with Crippen molar-refractivity contribution in [2.24, 2.45) is 5.92 Å². The van der Waals surface area contributed by atoms with Crippen LogP contribution in [0.2, 0.25) is 0 Å². The molecule has 0 bridgehead atoms. The van der Waals surface area contributed by atoms with Gasteiger partial charge < -0.3 is 10.6 Å². The molecule has 2 heterocycles. The van der Waals surface area contributed by atoms with E-state index in [9.17, 15) is 4.79 Å². The number of carbonyl (C=O) groups excluding carboxylic acids is 1. The van der Waals surface area contributed by atoms with Crippen molar-refractivity contribution in [1.82, 2.24) is 15.5 Å². The molecule has 0 aliphatic carbocycles. The number of hydrogen-bond donors (Lipinski definition) is 2. The van der Waals surface area contributed by atoms with Gasteiger partial charge in [-0.15, -0.1) is 12.4 Å². The maximum absolute atomic E-state index is 12.2. The summed E-state index contributed by atoms with van der Waals surface area (Å²) in [6, 6.07) is 6.64. The fraction of sp³-hybridized carbons (Fsp3) is 0.650. The van der Waals surface area contributed by atoms with Crippen LogP contribution in [0.25, 0.3) is 0 Å². The molecule has 2 aliphatic heterocycles. The van der Waals surface area contributed by atoms with Gasteiger partial charge in [-0.25, -0.2) is 0 Å². The van der Waals surface area contributed by atoms with Crippen molar-refractivity contribution in [3.05, 3.63) is 34.9 Å². The molecule has 0 spiro atoms. The molecule has 2 aliphatic rings. The fourth-order valence-electron chi connectivity index (χ4n) is 3.96. The number of nitrogens with zero attached hydrogens (tertiary/aromatic N) is 1. The highest BCUT2D eigenvalue weighted by molar-refractivity contribution is 5.85. The molecule has 2 fully saturated rings. The van der Waals surface area contributed by atoms with Crippen LogP contribution < -0.4 is 10.6 Å². The average Bonchev–Trinajstić information content (AvgIpc) is 3.12. The minimum Gasteiger partial charge on any atom is -0.354 e. The molecule has 25 heavy (non-hydrogen) atoms. The highest BCUT2D eigenvalue weighted by atomic mass is 35.5. The summed E-state index contributed by atoms with van der Waals surface area (Å²) in [6.07, 6.45) is 4.55. The van der Waals surface area contributed by atoms with E-state index in [1.54, 1.807) is 0 Å². The summed E-state index contributed by atoms with van der Waals surface area (Å²) >= 11 is 0. The predicted octanol–water partition coefficient (Wildman–Crippen LogP) is 2.81. The molecular weight excluding hydrogens is 334 g/mol. The third-order valence-corrected chi connectivity index (χ3v) is 5.66. The minimum absolute atomic E-state index is 0. The number of hydrogen-bond acceptors (Lipinski definition) is 3. The van der Waals surface area contributed by atoms with Gasteiger partial charge in [0.1, 0.15) is 0 Å². The van der Waals surface area contributed by atoms with Crippen LogP contribution in [0.4, 0.5) is 0 Å². The summed E-state index contributed by atoms with van der Waals surface area (Å²) in [5.41, 5.74) is 4.23. The van der Waals surface area contributed by atoms with E-state index in [-0.39, 0.29) is 24.4 Å². The lowest BCUT2D eigenvalue weighted by Crippen LogP contribution is -2.45. The number of amides is 1. The first-order valence-corrected chi connectivity index (χ1v) is 9.42. The molecule has 2 N–H and O–H groups in total. The summed E-state index contributed by atoms with van der Waals surface area (Å²) in [6.45, 7) is 9.49. The quantitative estimate of drug-likeness (QED) is 0.843. The Hall–Kier alpha value is -1.10. The van der Waals surface area contributed by atoms with Crippen LogP contribution >= 0.6 is 12.4 Å². The van der Waals surface area contributed by atoms with Gasteiger partial charge in [-0.05, 0) is 75.2 Å². The van der Waals surface area contributed by atoms with Crippen molar-refractivity contribution in [2.45, 2.75) is 52.1 Å². The zero-order valence-electron chi connectivity index (χ0n) is 15.5. The van der Waals surface area contributed by atoms with Gasteiger partial charge in [0.05, 0.1) is 6.04 Å². The van der Waals surface area contributed by atoms with Crippen LogP contribution in [0, 0.1) is 19.8 Å². The molecule has 1 amide bonds. The Morgan fingerprint density at radius 3 is 2.88 bits per heavy atom. The summed E-state index contributed by atoms with van der Waals surface area (Å²) < 4.78 is 0. The lowest BCUT2D eigenvalue weighted by molar-refractivity contribution is -0.123. The maximum atomic E-state index is 12.2. The Morgan fingerprint density at radius 1 is 1.28 bits per heavy atom. The monoisotopic (exact) mass is 365 g/mol. The molecule has 5 heteroatoms. The standard InChI is InChI=1S/C20H31N3O.ClH/c1-15-6-3-8-18(16(15)2)14-23-11-5-7-17(13-23)12-22-20(24)19-9-4-10-21-19;/h3,6,8,17,19,21H,4-5,7,9-14H2,1-2H3,(H,22,24);1H. The van der Waals surface area contributed by atoms with E-state index >= 15 is 0 Å². The topological polar surface area (TPSA) is 44.4 Å². The van der Waals surface area contributed by atoms with E-state index in [0.29, 0.717) is 5.92 Å². The number of piperidine rings is 1. The van der Waals surface area contributed by atoms with Gasteiger partial charge in [0.2, 0.25) is 5.91 Å². The number of carbonyl (C=O) groups is 1. The van der Waals surface area contributed by atoms with Gasteiger partial charge in [-0.2, -0.15) is 0 Å². The third kappa shape index (κ3) is 5.44. The van der Waals surface area contributed by atoms with Crippen molar-refractivity contribution in [3.63, 3.8) is 0 Å². The molecule has 0 radical (unpaired) electrons. The second kappa shape index (κ2) is 9.56. The Balaban J connectivity index is 0.00000225. The molecule has 3 rings (SSSR count).